The maximum absolute atomic E-state index is 11.0. The van der Waals surface area contributed by atoms with Crippen molar-refractivity contribution < 1.29 is 4.92 Å². The summed E-state index contributed by atoms with van der Waals surface area (Å²) >= 11 is 6.91. The largest absolute Gasteiger partial charge is 0.396 e. The van der Waals surface area contributed by atoms with E-state index in [-0.39, 0.29) is 5.82 Å². The molecule has 1 aromatic carbocycles. The molecule has 0 unspecified atom stereocenters. The van der Waals surface area contributed by atoms with E-state index in [1.165, 1.54) is 11.0 Å². The summed E-state index contributed by atoms with van der Waals surface area (Å²) in [6, 6.07) is 6.92. The van der Waals surface area contributed by atoms with Crippen LogP contribution in [0.3, 0.4) is 0 Å². The van der Waals surface area contributed by atoms with Gasteiger partial charge in [0.15, 0.2) is 5.03 Å². The van der Waals surface area contributed by atoms with Crippen molar-refractivity contribution in [2.75, 3.05) is 0 Å². The van der Waals surface area contributed by atoms with Crippen LogP contribution in [0.1, 0.15) is 0 Å². The van der Waals surface area contributed by atoms with E-state index in [0.29, 0.717) is 20.9 Å². The number of aromatic nitrogens is 6. The van der Waals surface area contributed by atoms with Crippen LogP contribution in [-0.2, 0) is 7.05 Å². The second kappa shape index (κ2) is 5.73. The molecular formula is C11H8ClN7O2S. The molecule has 0 spiro atoms. The lowest BCUT2D eigenvalue weighted by molar-refractivity contribution is -0.392. The van der Waals surface area contributed by atoms with Crippen molar-refractivity contribution in [3.05, 3.63) is 45.7 Å². The van der Waals surface area contributed by atoms with E-state index in [0.717, 1.165) is 11.8 Å². The van der Waals surface area contributed by atoms with Gasteiger partial charge in [0.1, 0.15) is 0 Å². The predicted molar refractivity (Wildman–Crippen MR) is 78.1 cm³/mol. The average molecular weight is 338 g/mol. The fourth-order valence-electron chi connectivity index (χ4n) is 1.72. The molecule has 3 aromatic rings. The van der Waals surface area contributed by atoms with Gasteiger partial charge in [0.2, 0.25) is 11.5 Å². The lowest BCUT2D eigenvalue weighted by Gasteiger charge is -2.04. The summed E-state index contributed by atoms with van der Waals surface area (Å²) in [5.41, 5.74) is 0.696. The monoisotopic (exact) mass is 337 g/mol. The number of halogens is 1. The molecule has 2 heterocycles. The Kier molecular flexibility index (Phi) is 3.77. The highest BCUT2D eigenvalue weighted by molar-refractivity contribution is 7.99. The first kappa shape index (κ1) is 14.5. The number of hydrogen-bond donors (Lipinski definition) is 0. The molecule has 22 heavy (non-hydrogen) atoms. The van der Waals surface area contributed by atoms with Gasteiger partial charge in [-0.15, -0.1) is 5.10 Å². The van der Waals surface area contributed by atoms with Gasteiger partial charge in [-0.3, -0.25) is 0 Å². The Morgan fingerprint density at radius 2 is 2.05 bits per heavy atom. The summed E-state index contributed by atoms with van der Waals surface area (Å²) in [4.78, 5) is 14.2. The van der Waals surface area contributed by atoms with E-state index >= 15 is 0 Å². The Hall–Kier alpha value is -2.46. The molecular weight excluding hydrogens is 330 g/mol. The molecule has 0 atom stereocenters. The van der Waals surface area contributed by atoms with Gasteiger partial charge >= 0.3 is 5.82 Å². The van der Waals surface area contributed by atoms with Crippen molar-refractivity contribution in [2.24, 2.45) is 7.05 Å². The number of benzene rings is 1. The number of rotatable bonds is 4. The number of aryl methyl sites for hydroxylation is 1. The quantitative estimate of drug-likeness (QED) is 0.530. The van der Waals surface area contributed by atoms with Gasteiger partial charge in [-0.2, -0.15) is 4.68 Å². The second-order valence-electron chi connectivity index (χ2n) is 4.19. The summed E-state index contributed by atoms with van der Waals surface area (Å²) in [7, 11) is 1.67. The second-order valence-corrected chi connectivity index (χ2v) is 5.59. The van der Waals surface area contributed by atoms with Crippen LogP contribution in [0.4, 0.5) is 5.82 Å². The Labute approximate surface area is 133 Å². The van der Waals surface area contributed by atoms with Crippen LogP contribution in [-0.4, -0.2) is 34.7 Å². The Bertz CT molecular complexity index is 829. The minimum atomic E-state index is -0.543. The predicted octanol–water partition coefficient (Wildman–Crippen LogP) is 2.11. The van der Waals surface area contributed by atoms with Gasteiger partial charge in [0.05, 0.1) is 5.69 Å². The lowest BCUT2D eigenvalue weighted by atomic mass is 10.3. The minimum absolute atomic E-state index is 0.238. The molecule has 0 aliphatic heterocycles. The zero-order chi connectivity index (χ0) is 15.7. The molecule has 0 N–H and O–H groups in total. The molecule has 0 aliphatic rings. The summed E-state index contributed by atoms with van der Waals surface area (Å²) in [6.45, 7) is 0. The third-order valence-electron chi connectivity index (χ3n) is 2.74. The Balaban J connectivity index is 1.98. The molecule has 11 heteroatoms. The number of imidazole rings is 1. The van der Waals surface area contributed by atoms with Gasteiger partial charge in [-0.05, 0) is 56.4 Å². The molecule has 0 saturated heterocycles. The van der Waals surface area contributed by atoms with E-state index in [1.807, 2.05) is 0 Å². The van der Waals surface area contributed by atoms with Crippen molar-refractivity contribution in [3.8, 4) is 5.69 Å². The fraction of sp³-hybridized carbons (Fsp3) is 0.0909. The van der Waals surface area contributed by atoms with E-state index in [4.69, 9.17) is 11.6 Å². The van der Waals surface area contributed by atoms with Crippen molar-refractivity contribution in [2.45, 2.75) is 10.2 Å². The summed E-state index contributed by atoms with van der Waals surface area (Å²) in [6.07, 6.45) is 1.37. The molecule has 0 amide bonds. The van der Waals surface area contributed by atoms with Gasteiger partial charge in [0, 0.05) is 12.1 Å². The van der Waals surface area contributed by atoms with E-state index in [2.05, 4.69) is 20.5 Å². The first-order valence-corrected chi connectivity index (χ1v) is 7.13. The minimum Gasteiger partial charge on any atom is -0.358 e. The van der Waals surface area contributed by atoms with Gasteiger partial charge in [0.25, 0.3) is 0 Å². The van der Waals surface area contributed by atoms with Crippen molar-refractivity contribution >= 4 is 29.2 Å². The van der Waals surface area contributed by atoms with Crippen LogP contribution in [0, 0.1) is 10.1 Å². The van der Waals surface area contributed by atoms with Gasteiger partial charge in [-0.1, -0.05) is 11.6 Å². The number of nitro groups is 1. The maximum Gasteiger partial charge on any atom is 0.396 e. The van der Waals surface area contributed by atoms with Gasteiger partial charge in [-0.25, -0.2) is 0 Å². The van der Waals surface area contributed by atoms with E-state index in [1.54, 1.807) is 35.9 Å². The first-order valence-electron chi connectivity index (χ1n) is 5.94. The van der Waals surface area contributed by atoms with Gasteiger partial charge < -0.3 is 14.7 Å². The third kappa shape index (κ3) is 2.65. The lowest BCUT2D eigenvalue weighted by Crippen LogP contribution is -2.00. The zero-order valence-corrected chi connectivity index (χ0v) is 12.7. The highest BCUT2D eigenvalue weighted by atomic mass is 35.5. The van der Waals surface area contributed by atoms with Crippen LogP contribution in [0.25, 0.3) is 5.69 Å². The maximum atomic E-state index is 11.0. The Morgan fingerprint density at radius 3 is 2.73 bits per heavy atom. The molecule has 0 aliphatic carbocycles. The first-order chi connectivity index (χ1) is 10.6. The highest BCUT2D eigenvalue weighted by Gasteiger charge is 2.23. The fourth-order valence-corrected chi connectivity index (χ4v) is 2.74. The summed E-state index contributed by atoms with van der Waals surface area (Å²) in [5, 5.41) is 23.7. The van der Waals surface area contributed by atoms with Crippen LogP contribution < -0.4 is 0 Å². The van der Waals surface area contributed by atoms with Crippen LogP contribution >= 0.6 is 23.4 Å². The average Bonchev–Trinajstić information content (AvgIpc) is 3.08. The van der Waals surface area contributed by atoms with E-state index < -0.39 is 4.92 Å². The topological polar surface area (TPSA) is 105 Å². The number of tetrazole rings is 1. The van der Waals surface area contributed by atoms with Crippen LogP contribution in [0.15, 0.2) is 40.8 Å². The number of nitrogens with zero attached hydrogens (tertiary/aromatic N) is 7. The molecule has 112 valence electrons. The van der Waals surface area contributed by atoms with Crippen molar-refractivity contribution in [1.82, 2.24) is 29.8 Å². The number of hydrogen-bond acceptors (Lipinski definition) is 7. The third-order valence-corrected chi connectivity index (χ3v) is 4.09. The van der Waals surface area contributed by atoms with Crippen LogP contribution in [0.2, 0.25) is 5.02 Å². The van der Waals surface area contributed by atoms with Crippen molar-refractivity contribution in [3.63, 3.8) is 0 Å². The zero-order valence-electron chi connectivity index (χ0n) is 11.1. The van der Waals surface area contributed by atoms with Crippen LogP contribution in [0.5, 0.6) is 0 Å². The standard InChI is InChI=1S/C11H8ClN7O2S/c1-17-6-13-9(19(20)21)10(17)22-11-14-15-16-18(11)8-4-2-7(12)3-5-8/h2-6H,1H3. The molecule has 9 nitrogen and oxygen atoms in total. The van der Waals surface area contributed by atoms with E-state index in [9.17, 15) is 10.1 Å². The molecule has 2 aromatic heterocycles. The van der Waals surface area contributed by atoms with Crippen molar-refractivity contribution in [1.29, 1.82) is 0 Å². The normalized spacial score (nSPS) is 10.8. The SMILES string of the molecule is Cn1cnc([N+](=O)[O-])c1Sc1nnnn1-c1ccc(Cl)cc1. The Morgan fingerprint density at radius 1 is 1.32 bits per heavy atom. The molecule has 0 radical (unpaired) electrons. The highest BCUT2D eigenvalue weighted by Crippen LogP contribution is 2.32. The molecule has 0 fully saturated rings. The summed E-state index contributed by atoms with van der Waals surface area (Å²) < 4.78 is 3.02. The molecule has 0 bridgehead atoms. The smallest absolute Gasteiger partial charge is 0.358 e. The molecule has 0 saturated carbocycles. The summed E-state index contributed by atoms with van der Waals surface area (Å²) in [5.74, 6) is -0.238. The molecule has 3 rings (SSSR count).